The van der Waals surface area contributed by atoms with E-state index in [4.69, 9.17) is 9.05 Å². The lowest BCUT2D eigenvalue weighted by Crippen LogP contribution is -2.45. The highest BCUT2D eigenvalue weighted by atomic mass is 31.2. The normalized spacial score (nSPS) is 14.2. The zero-order chi connectivity index (χ0) is 48.5. The maximum Gasteiger partial charge on any atom is 0.472 e. The predicted molar refractivity (Wildman–Crippen MR) is 286 cm³/mol. The molecule has 0 bridgehead atoms. The fourth-order valence-electron chi connectivity index (χ4n) is 8.37. The molecule has 0 rings (SSSR count). The summed E-state index contributed by atoms with van der Waals surface area (Å²) in [5.41, 5.74) is 0. The quantitative estimate of drug-likeness (QED) is 0.0243. The van der Waals surface area contributed by atoms with E-state index >= 15 is 0 Å². The van der Waals surface area contributed by atoms with Crippen molar-refractivity contribution in [2.45, 2.75) is 283 Å². The Kier molecular flexibility index (Phi) is 47.8. The average molecular weight is 953 g/mol. The highest BCUT2D eigenvalue weighted by Gasteiger charge is 2.27. The summed E-state index contributed by atoms with van der Waals surface area (Å²) >= 11 is 0. The maximum atomic E-state index is 13.0. The first-order valence-electron chi connectivity index (χ1n) is 28.4. The molecule has 3 N–H and O–H groups in total. The lowest BCUT2D eigenvalue weighted by atomic mass is 10.0. The molecule has 8 nitrogen and oxygen atoms in total. The standard InChI is InChI=1S/C57H111N2O6P/c1-6-8-10-12-14-16-18-20-22-24-26-27-28-29-30-31-33-34-36-38-40-42-44-46-48-50-56(60)55(54-65-66(62,63)64-53-52-59(3,4)5)58-57(61)51-49-47-45-43-41-39-37-35-32-25-23-21-19-17-15-13-11-9-7-2/h33-34,40,42,48,50,55-56,60H,6-32,35-39,41,43-47,49,51-54H2,1-5H3,(H-,58,61,62,63)/p+1/b34-33+,42-40+,50-48+. The molecule has 0 saturated heterocycles. The number of likely N-dealkylation sites (N-methyl/N-ethyl adjacent to an activating group) is 1. The second-order valence-electron chi connectivity index (χ2n) is 20.7. The minimum Gasteiger partial charge on any atom is -0.387 e. The molecule has 3 atom stereocenters. The van der Waals surface area contributed by atoms with Gasteiger partial charge in [0.15, 0.2) is 0 Å². The number of rotatable bonds is 52. The summed E-state index contributed by atoms with van der Waals surface area (Å²) in [4.78, 5) is 23.3. The first-order chi connectivity index (χ1) is 32.0. The number of amides is 1. The predicted octanol–water partition coefficient (Wildman–Crippen LogP) is 17.0. The molecule has 0 radical (unpaired) electrons. The Balaban J connectivity index is 4.29. The zero-order valence-electron chi connectivity index (χ0n) is 44.4. The van der Waals surface area contributed by atoms with Crippen LogP contribution in [0.15, 0.2) is 36.5 Å². The number of quaternary nitrogens is 1. The van der Waals surface area contributed by atoms with Crippen LogP contribution in [0, 0.1) is 0 Å². The van der Waals surface area contributed by atoms with E-state index in [-0.39, 0.29) is 19.1 Å². The van der Waals surface area contributed by atoms with E-state index in [0.717, 1.165) is 44.9 Å². The van der Waals surface area contributed by atoms with Crippen LogP contribution in [0.1, 0.15) is 271 Å². The van der Waals surface area contributed by atoms with Crippen molar-refractivity contribution in [3.63, 3.8) is 0 Å². The van der Waals surface area contributed by atoms with Gasteiger partial charge in [0.05, 0.1) is 39.9 Å². The third kappa shape index (κ3) is 50.6. The van der Waals surface area contributed by atoms with Crippen LogP contribution in [0.4, 0.5) is 0 Å². The Morgan fingerprint density at radius 3 is 1.21 bits per heavy atom. The fraction of sp³-hybridized carbons (Fsp3) is 0.877. The number of nitrogens with one attached hydrogen (secondary N) is 1. The van der Waals surface area contributed by atoms with Gasteiger partial charge in [0.1, 0.15) is 13.2 Å². The van der Waals surface area contributed by atoms with Crippen LogP contribution in [0.5, 0.6) is 0 Å². The number of nitrogens with zero attached hydrogens (tertiary/aromatic N) is 1. The van der Waals surface area contributed by atoms with E-state index in [9.17, 15) is 19.4 Å². The Hall–Kier alpha value is -1.28. The minimum absolute atomic E-state index is 0.0551. The Bertz CT molecular complexity index is 1170. The van der Waals surface area contributed by atoms with Crippen LogP contribution in [-0.2, 0) is 18.4 Å². The Labute approximate surface area is 410 Å². The maximum absolute atomic E-state index is 13.0. The van der Waals surface area contributed by atoms with Crippen LogP contribution < -0.4 is 5.32 Å². The summed E-state index contributed by atoms with van der Waals surface area (Å²) in [5, 5.41) is 13.9. The van der Waals surface area contributed by atoms with Crippen molar-refractivity contribution in [3.05, 3.63) is 36.5 Å². The van der Waals surface area contributed by atoms with Crippen molar-refractivity contribution in [2.75, 3.05) is 40.9 Å². The topological polar surface area (TPSA) is 105 Å². The monoisotopic (exact) mass is 952 g/mol. The van der Waals surface area contributed by atoms with E-state index < -0.39 is 20.0 Å². The number of carbonyl (C=O) groups excluding carboxylic acids is 1. The molecular weight excluding hydrogens is 840 g/mol. The fourth-order valence-corrected chi connectivity index (χ4v) is 9.11. The van der Waals surface area contributed by atoms with Crippen LogP contribution >= 0.6 is 7.82 Å². The molecule has 3 unspecified atom stereocenters. The molecule has 0 spiro atoms. The number of carbonyl (C=O) groups is 1. The second-order valence-corrected chi connectivity index (χ2v) is 22.1. The largest absolute Gasteiger partial charge is 0.472 e. The molecule has 1 amide bonds. The van der Waals surface area contributed by atoms with Gasteiger partial charge in [-0.25, -0.2) is 4.57 Å². The van der Waals surface area contributed by atoms with Gasteiger partial charge in [-0.05, 0) is 44.9 Å². The number of unbranched alkanes of at least 4 members (excludes halogenated alkanes) is 35. The molecule has 0 aliphatic heterocycles. The SMILES string of the molecule is CCCCCCCCCCCCCCCCC/C=C/CC/C=C/CC/C=C/C(O)C(COP(=O)(O)OCC[N+](C)(C)C)NC(=O)CCCCCCCCCCCCCCCCCCCCC. The van der Waals surface area contributed by atoms with Gasteiger partial charge in [-0.15, -0.1) is 0 Å². The zero-order valence-corrected chi connectivity index (χ0v) is 45.3. The lowest BCUT2D eigenvalue weighted by Gasteiger charge is -2.25. The second kappa shape index (κ2) is 48.7. The summed E-state index contributed by atoms with van der Waals surface area (Å²) in [6.45, 7) is 4.82. The van der Waals surface area contributed by atoms with Crippen LogP contribution in [0.2, 0.25) is 0 Å². The van der Waals surface area contributed by atoms with Crippen LogP contribution in [0.25, 0.3) is 0 Å². The highest BCUT2D eigenvalue weighted by molar-refractivity contribution is 7.47. The number of phosphoric ester groups is 1. The minimum atomic E-state index is -4.36. The lowest BCUT2D eigenvalue weighted by molar-refractivity contribution is -0.870. The third-order valence-electron chi connectivity index (χ3n) is 12.8. The molecule has 0 aromatic rings. The van der Waals surface area contributed by atoms with Gasteiger partial charge in [-0.1, -0.05) is 256 Å². The van der Waals surface area contributed by atoms with Crippen molar-refractivity contribution in [3.8, 4) is 0 Å². The van der Waals surface area contributed by atoms with Gasteiger partial charge in [0.2, 0.25) is 5.91 Å². The Morgan fingerprint density at radius 1 is 0.500 bits per heavy atom. The van der Waals surface area contributed by atoms with Crippen molar-refractivity contribution in [2.24, 2.45) is 0 Å². The summed E-state index contributed by atoms with van der Waals surface area (Å²) in [6.07, 6.45) is 62.5. The molecule has 0 aromatic carbocycles. The summed E-state index contributed by atoms with van der Waals surface area (Å²) < 4.78 is 23.7. The van der Waals surface area contributed by atoms with Gasteiger partial charge >= 0.3 is 7.82 Å². The number of hydrogen-bond donors (Lipinski definition) is 3. The van der Waals surface area contributed by atoms with E-state index in [1.54, 1.807) is 6.08 Å². The number of aliphatic hydroxyl groups is 1. The molecule has 0 aromatic heterocycles. The smallest absolute Gasteiger partial charge is 0.387 e. The van der Waals surface area contributed by atoms with E-state index in [1.807, 2.05) is 27.2 Å². The first-order valence-corrected chi connectivity index (χ1v) is 29.9. The average Bonchev–Trinajstić information content (AvgIpc) is 3.28. The van der Waals surface area contributed by atoms with E-state index in [1.165, 1.54) is 205 Å². The number of hydrogen-bond acceptors (Lipinski definition) is 5. The summed E-state index contributed by atoms with van der Waals surface area (Å²) in [7, 11) is 1.56. The number of allylic oxidation sites excluding steroid dienone is 5. The molecule has 0 heterocycles. The van der Waals surface area contributed by atoms with Crippen molar-refractivity contribution < 1.29 is 32.9 Å². The van der Waals surface area contributed by atoms with Gasteiger partial charge in [-0.3, -0.25) is 13.8 Å². The molecule has 0 aliphatic rings. The Morgan fingerprint density at radius 2 is 0.833 bits per heavy atom. The molecule has 390 valence electrons. The van der Waals surface area contributed by atoms with Crippen LogP contribution in [-0.4, -0.2) is 73.4 Å². The van der Waals surface area contributed by atoms with Gasteiger partial charge in [0, 0.05) is 6.42 Å². The van der Waals surface area contributed by atoms with Gasteiger partial charge in [0.25, 0.3) is 0 Å². The van der Waals surface area contributed by atoms with E-state index in [2.05, 4.69) is 43.5 Å². The first kappa shape index (κ1) is 64.7. The molecule has 0 fully saturated rings. The van der Waals surface area contributed by atoms with Crippen molar-refractivity contribution in [1.82, 2.24) is 5.32 Å². The van der Waals surface area contributed by atoms with Gasteiger partial charge in [-0.2, -0.15) is 0 Å². The molecule has 9 heteroatoms. The van der Waals surface area contributed by atoms with Gasteiger partial charge < -0.3 is 19.8 Å². The number of aliphatic hydroxyl groups excluding tert-OH is 1. The number of phosphoric acid groups is 1. The molecule has 0 aliphatic carbocycles. The molecular formula is C57H112N2O6P+. The molecule has 66 heavy (non-hydrogen) atoms. The summed E-state index contributed by atoms with van der Waals surface area (Å²) in [6, 6.07) is -0.867. The van der Waals surface area contributed by atoms with Crippen molar-refractivity contribution in [1.29, 1.82) is 0 Å². The van der Waals surface area contributed by atoms with E-state index in [0.29, 0.717) is 17.4 Å². The summed E-state index contributed by atoms with van der Waals surface area (Å²) in [5.74, 6) is -0.187. The highest BCUT2D eigenvalue weighted by Crippen LogP contribution is 2.43. The molecule has 0 saturated carbocycles. The third-order valence-corrected chi connectivity index (χ3v) is 13.8. The van der Waals surface area contributed by atoms with Crippen LogP contribution in [0.3, 0.4) is 0 Å². The van der Waals surface area contributed by atoms with Crippen molar-refractivity contribution >= 4 is 13.7 Å².